The number of piperidine rings is 1. The van der Waals surface area contributed by atoms with Crippen LogP contribution in [0.2, 0.25) is 0 Å². The smallest absolute Gasteiger partial charge is 0.228 e. The van der Waals surface area contributed by atoms with Gasteiger partial charge in [0.25, 0.3) is 0 Å². The number of hydrogen-bond acceptors (Lipinski definition) is 5. The lowest BCUT2D eigenvalue weighted by atomic mass is 9.97. The number of hydrogen-bond donors (Lipinski definition) is 1. The number of likely N-dealkylation sites (tertiary alicyclic amines) is 1. The largest absolute Gasteiger partial charge is 0.497 e. The maximum atomic E-state index is 12.3. The number of methoxy groups -OCH3 is 1. The van der Waals surface area contributed by atoms with Crippen LogP contribution in [0.1, 0.15) is 12.8 Å². The van der Waals surface area contributed by atoms with E-state index in [9.17, 15) is 4.79 Å². The summed E-state index contributed by atoms with van der Waals surface area (Å²) in [5.41, 5.74) is 0.677. The maximum Gasteiger partial charge on any atom is 0.228 e. The minimum absolute atomic E-state index is 0.0338. The number of ether oxygens (including phenoxy) is 2. The number of anilines is 1. The summed E-state index contributed by atoms with van der Waals surface area (Å²) in [4.78, 5) is 18.8. The predicted molar refractivity (Wildman–Crippen MR) is 96.2 cm³/mol. The Morgan fingerprint density at radius 1 is 1.28 bits per heavy atom. The molecule has 1 aliphatic heterocycles. The molecule has 25 heavy (non-hydrogen) atoms. The van der Waals surface area contributed by atoms with Crippen molar-refractivity contribution >= 4 is 11.6 Å². The van der Waals surface area contributed by atoms with Crippen molar-refractivity contribution in [3.8, 4) is 17.4 Å². The fourth-order valence-electron chi connectivity index (χ4n) is 2.92. The molecular formula is C19H23N3O3. The molecule has 0 saturated carbocycles. The minimum Gasteiger partial charge on any atom is -0.497 e. The summed E-state index contributed by atoms with van der Waals surface area (Å²) in [6.45, 7) is 1.86. The third kappa shape index (κ3) is 4.70. The number of carbonyl (C=O) groups excluding carboxylic acids is 1. The minimum atomic E-state index is 0.0338. The summed E-state index contributed by atoms with van der Waals surface area (Å²) in [5, 5.41) is 2.94. The van der Waals surface area contributed by atoms with Crippen molar-refractivity contribution in [3.05, 3.63) is 42.6 Å². The number of benzene rings is 1. The van der Waals surface area contributed by atoms with E-state index in [1.165, 1.54) is 0 Å². The van der Waals surface area contributed by atoms with Gasteiger partial charge in [-0.1, -0.05) is 6.07 Å². The van der Waals surface area contributed by atoms with E-state index in [4.69, 9.17) is 9.47 Å². The molecule has 1 amide bonds. The Hall–Kier alpha value is -2.60. The molecule has 2 aromatic rings. The molecule has 1 atom stereocenters. The molecule has 1 fully saturated rings. The van der Waals surface area contributed by atoms with E-state index in [0.717, 1.165) is 31.7 Å². The van der Waals surface area contributed by atoms with Crippen LogP contribution in [0, 0.1) is 5.92 Å². The van der Waals surface area contributed by atoms with Crippen molar-refractivity contribution in [1.82, 2.24) is 9.88 Å². The molecule has 2 heterocycles. The lowest BCUT2D eigenvalue weighted by Gasteiger charge is -2.28. The zero-order chi connectivity index (χ0) is 17.6. The van der Waals surface area contributed by atoms with Crippen molar-refractivity contribution < 1.29 is 14.3 Å². The summed E-state index contributed by atoms with van der Waals surface area (Å²) in [7, 11) is 3.66. The lowest BCUT2D eigenvalue weighted by molar-refractivity contribution is -0.121. The van der Waals surface area contributed by atoms with Gasteiger partial charge < -0.3 is 19.7 Å². The molecule has 132 valence electrons. The van der Waals surface area contributed by atoms with E-state index in [0.29, 0.717) is 17.3 Å². The molecule has 1 saturated heterocycles. The van der Waals surface area contributed by atoms with Crippen LogP contribution < -0.4 is 14.8 Å². The van der Waals surface area contributed by atoms with Crippen LogP contribution in [0.5, 0.6) is 17.4 Å². The summed E-state index contributed by atoms with van der Waals surface area (Å²) in [6.07, 6.45) is 3.60. The first kappa shape index (κ1) is 17.2. The summed E-state index contributed by atoms with van der Waals surface area (Å²) in [6, 6.07) is 10.9. The first-order valence-electron chi connectivity index (χ1n) is 8.41. The molecule has 6 heteroatoms. The van der Waals surface area contributed by atoms with Crippen molar-refractivity contribution in [2.75, 3.05) is 32.6 Å². The van der Waals surface area contributed by atoms with Crippen LogP contribution in [0.25, 0.3) is 0 Å². The average molecular weight is 341 g/mol. The van der Waals surface area contributed by atoms with E-state index in [-0.39, 0.29) is 11.8 Å². The van der Waals surface area contributed by atoms with Crippen LogP contribution in [0.4, 0.5) is 5.69 Å². The molecule has 0 bridgehead atoms. The average Bonchev–Trinajstić information content (AvgIpc) is 2.63. The van der Waals surface area contributed by atoms with Crippen LogP contribution in [0.3, 0.4) is 0 Å². The second kappa shape index (κ2) is 7.98. The zero-order valence-corrected chi connectivity index (χ0v) is 14.6. The van der Waals surface area contributed by atoms with Gasteiger partial charge in [-0.2, -0.15) is 0 Å². The van der Waals surface area contributed by atoms with Gasteiger partial charge in [0.1, 0.15) is 11.5 Å². The van der Waals surface area contributed by atoms with Crippen LogP contribution >= 0.6 is 0 Å². The third-order valence-electron chi connectivity index (χ3n) is 4.26. The highest BCUT2D eigenvalue weighted by Crippen LogP contribution is 2.24. The predicted octanol–water partition coefficient (Wildman–Crippen LogP) is 3.16. The lowest BCUT2D eigenvalue weighted by Crippen LogP contribution is -2.38. The standard InChI is InChI=1S/C19H23N3O3/c1-22-10-4-5-14(13-22)19(23)21-15-8-9-18(20-12-15)25-17-7-3-6-16(11-17)24-2/h3,6-9,11-12,14H,4-5,10,13H2,1-2H3,(H,21,23). The molecule has 1 aliphatic rings. The van der Waals surface area contributed by atoms with Crippen molar-refractivity contribution in [2.45, 2.75) is 12.8 Å². The number of aromatic nitrogens is 1. The second-order valence-electron chi connectivity index (χ2n) is 6.26. The summed E-state index contributed by atoms with van der Waals surface area (Å²) >= 11 is 0. The molecule has 0 spiro atoms. The van der Waals surface area contributed by atoms with Gasteiger partial charge in [-0.05, 0) is 44.6 Å². The van der Waals surface area contributed by atoms with Gasteiger partial charge in [0.2, 0.25) is 11.8 Å². The molecule has 1 unspecified atom stereocenters. The number of carbonyl (C=O) groups is 1. The van der Waals surface area contributed by atoms with Gasteiger partial charge in [-0.3, -0.25) is 4.79 Å². The maximum absolute atomic E-state index is 12.3. The highest BCUT2D eigenvalue weighted by Gasteiger charge is 2.23. The molecule has 0 radical (unpaired) electrons. The fourth-order valence-corrected chi connectivity index (χ4v) is 2.92. The number of nitrogens with one attached hydrogen (secondary N) is 1. The summed E-state index contributed by atoms with van der Waals surface area (Å²) < 4.78 is 10.9. The molecule has 6 nitrogen and oxygen atoms in total. The first-order chi connectivity index (χ1) is 12.1. The van der Waals surface area contributed by atoms with Gasteiger partial charge in [0.05, 0.1) is 24.9 Å². The Labute approximate surface area is 147 Å². The Morgan fingerprint density at radius 3 is 2.84 bits per heavy atom. The van der Waals surface area contributed by atoms with E-state index in [1.807, 2.05) is 25.2 Å². The topological polar surface area (TPSA) is 63.7 Å². The van der Waals surface area contributed by atoms with E-state index >= 15 is 0 Å². The third-order valence-corrected chi connectivity index (χ3v) is 4.26. The highest BCUT2D eigenvalue weighted by molar-refractivity contribution is 5.92. The SMILES string of the molecule is COc1cccc(Oc2ccc(NC(=O)C3CCCN(C)C3)cn2)c1. The van der Waals surface area contributed by atoms with E-state index < -0.39 is 0 Å². The van der Waals surface area contributed by atoms with Crippen LogP contribution in [-0.2, 0) is 4.79 Å². The Balaban J connectivity index is 1.59. The van der Waals surface area contributed by atoms with Gasteiger partial charge in [-0.15, -0.1) is 0 Å². The van der Waals surface area contributed by atoms with Gasteiger partial charge in [0, 0.05) is 18.7 Å². The first-order valence-corrected chi connectivity index (χ1v) is 8.41. The monoisotopic (exact) mass is 341 g/mol. The van der Waals surface area contributed by atoms with Gasteiger partial charge in [-0.25, -0.2) is 4.98 Å². The zero-order valence-electron chi connectivity index (χ0n) is 14.6. The van der Waals surface area contributed by atoms with Gasteiger partial charge in [0.15, 0.2) is 0 Å². The Kier molecular flexibility index (Phi) is 5.50. The van der Waals surface area contributed by atoms with Gasteiger partial charge >= 0.3 is 0 Å². The second-order valence-corrected chi connectivity index (χ2v) is 6.26. The number of nitrogens with zero attached hydrogens (tertiary/aromatic N) is 2. The normalized spacial score (nSPS) is 17.8. The molecule has 1 aromatic heterocycles. The van der Waals surface area contributed by atoms with Crippen molar-refractivity contribution in [1.29, 1.82) is 0 Å². The van der Waals surface area contributed by atoms with E-state index in [2.05, 4.69) is 15.2 Å². The molecule has 1 N–H and O–H groups in total. The highest BCUT2D eigenvalue weighted by atomic mass is 16.5. The van der Waals surface area contributed by atoms with E-state index in [1.54, 1.807) is 31.5 Å². The molecule has 1 aromatic carbocycles. The van der Waals surface area contributed by atoms with Crippen LogP contribution in [-0.4, -0.2) is 43.0 Å². The summed E-state index contributed by atoms with van der Waals surface area (Å²) in [5.74, 6) is 1.91. The molecular weight excluding hydrogens is 318 g/mol. The molecule has 0 aliphatic carbocycles. The Morgan fingerprint density at radius 2 is 2.12 bits per heavy atom. The molecule has 3 rings (SSSR count). The number of rotatable bonds is 5. The quantitative estimate of drug-likeness (QED) is 0.905. The number of amides is 1. The number of pyridine rings is 1. The fraction of sp³-hybridized carbons (Fsp3) is 0.368. The van der Waals surface area contributed by atoms with Crippen molar-refractivity contribution in [3.63, 3.8) is 0 Å². The van der Waals surface area contributed by atoms with Crippen molar-refractivity contribution in [2.24, 2.45) is 5.92 Å². The van der Waals surface area contributed by atoms with Crippen LogP contribution in [0.15, 0.2) is 42.6 Å². The Bertz CT molecular complexity index is 718.